The minimum atomic E-state index is -0.0807. The van der Waals surface area contributed by atoms with E-state index in [1.54, 1.807) is 30.2 Å². The van der Waals surface area contributed by atoms with E-state index >= 15 is 0 Å². The second-order valence-corrected chi connectivity index (χ2v) is 9.46. The van der Waals surface area contributed by atoms with Crippen molar-refractivity contribution in [1.82, 2.24) is 10.2 Å². The maximum Gasteiger partial charge on any atom is 0.252 e. The second-order valence-electron chi connectivity index (χ2n) is 7.41. The van der Waals surface area contributed by atoms with Crippen LogP contribution < -0.4 is 14.8 Å². The molecule has 1 N–H and O–H groups in total. The third-order valence-electron chi connectivity index (χ3n) is 5.32. The van der Waals surface area contributed by atoms with Crippen LogP contribution in [0, 0.1) is 0 Å². The molecule has 0 fully saturated rings. The summed E-state index contributed by atoms with van der Waals surface area (Å²) in [6, 6.07) is 17.7. The van der Waals surface area contributed by atoms with Gasteiger partial charge in [0.05, 0.1) is 12.7 Å². The van der Waals surface area contributed by atoms with Crippen LogP contribution in [0.15, 0.2) is 64.9 Å². The Kier molecular flexibility index (Phi) is 10.1. The lowest BCUT2D eigenvalue weighted by Crippen LogP contribution is -2.28. The zero-order valence-corrected chi connectivity index (χ0v) is 21.1. The van der Waals surface area contributed by atoms with Crippen LogP contribution in [0.25, 0.3) is 0 Å². The van der Waals surface area contributed by atoms with Gasteiger partial charge >= 0.3 is 0 Å². The Labute approximate surface area is 205 Å². The Morgan fingerprint density at radius 1 is 1.06 bits per heavy atom. The quantitative estimate of drug-likeness (QED) is 0.316. The number of ether oxygens (including phenoxy) is 2. The third-order valence-corrected chi connectivity index (χ3v) is 7.50. The molecule has 3 rings (SSSR count). The van der Waals surface area contributed by atoms with Crippen LogP contribution in [0.2, 0.25) is 0 Å². The predicted octanol–water partition coefficient (Wildman–Crippen LogP) is 5.70. The Morgan fingerprint density at radius 2 is 1.88 bits per heavy atom. The molecule has 1 amide bonds. The number of benzene rings is 2. The number of amides is 1. The molecule has 176 valence electrons. The van der Waals surface area contributed by atoms with E-state index in [-0.39, 0.29) is 5.91 Å². The summed E-state index contributed by atoms with van der Waals surface area (Å²) >= 11 is 3.42. The van der Waals surface area contributed by atoms with E-state index in [0.717, 1.165) is 41.6 Å². The number of hydrogen-bond acceptors (Lipinski definition) is 6. The highest BCUT2D eigenvalue weighted by atomic mass is 32.2. The smallest absolute Gasteiger partial charge is 0.252 e. The average Bonchev–Trinajstić information content (AvgIpc) is 3.38. The number of carbonyl (C=O) groups excluding carboxylic acids is 1. The fraction of sp³-hybridized carbons (Fsp3) is 0.346. The molecule has 1 aromatic heterocycles. The van der Waals surface area contributed by atoms with E-state index in [1.165, 1.54) is 4.88 Å². The largest absolute Gasteiger partial charge is 0.493 e. The first-order valence-electron chi connectivity index (χ1n) is 11.2. The summed E-state index contributed by atoms with van der Waals surface area (Å²) in [5.41, 5.74) is 1.65. The summed E-state index contributed by atoms with van der Waals surface area (Å²) in [4.78, 5) is 17.5. The molecule has 7 heteroatoms. The summed E-state index contributed by atoms with van der Waals surface area (Å²) in [6.07, 6.45) is 0. The van der Waals surface area contributed by atoms with Crippen molar-refractivity contribution in [3.63, 3.8) is 0 Å². The minimum Gasteiger partial charge on any atom is -0.493 e. The molecule has 1 heterocycles. The lowest BCUT2D eigenvalue weighted by molar-refractivity contribution is 0.0948. The molecule has 0 saturated carbocycles. The number of hydrogen-bond donors (Lipinski definition) is 1. The van der Waals surface area contributed by atoms with Crippen molar-refractivity contribution in [2.24, 2.45) is 0 Å². The minimum absolute atomic E-state index is 0.0807. The maximum absolute atomic E-state index is 12.9. The predicted molar refractivity (Wildman–Crippen MR) is 138 cm³/mol. The van der Waals surface area contributed by atoms with Crippen LogP contribution in [0.1, 0.15) is 34.6 Å². The van der Waals surface area contributed by atoms with Crippen molar-refractivity contribution in [2.45, 2.75) is 31.0 Å². The van der Waals surface area contributed by atoms with Gasteiger partial charge in [0.25, 0.3) is 5.91 Å². The fourth-order valence-corrected chi connectivity index (χ4v) is 5.19. The van der Waals surface area contributed by atoms with Gasteiger partial charge in [-0.2, -0.15) is 0 Å². The van der Waals surface area contributed by atoms with E-state index in [9.17, 15) is 4.79 Å². The standard InChI is InChI=1S/C26H32N2O3S2/c1-4-28(5-2)14-15-31-23-13-12-20(17-24(23)30-3)18-27-26(29)22-10-6-7-11-25(22)33-19-21-9-8-16-32-21/h6-13,16-17H,4-5,14-15,18-19H2,1-3H3,(H,27,29). The van der Waals surface area contributed by atoms with E-state index in [4.69, 9.17) is 9.47 Å². The molecule has 0 aliphatic heterocycles. The van der Waals surface area contributed by atoms with Gasteiger partial charge in [-0.15, -0.1) is 23.1 Å². The molecule has 0 spiro atoms. The lowest BCUT2D eigenvalue weighted by Gasteiger charge is -2.19. The Bertz CT molecular complexity index is 1000. The van der Waals surface area contributed by atoms with Crippen molar-refractivity contribution in [3.05, 3.63) is 76.0 Å². The van der Waals surface area contributed by atoms with Crippen LogP contribution in [-0.2, 0) is 12.3 Å². The van der Waals surface area contributed by atoms with Crippen molar-refractivity contribution in [1.29, 1.82) is 0 Å². The highest BCUT2D eigenvalue weighted by Crippen LogP contribution is 2.29. The summed E-state index contributed by atoms with van der Waals surface area (Å²) in [6.45, 7) is 8.20. The number of thioether (sulfide) groups is 1. The summed E-state index contributed by atoms with van der Waals surface area (Å²) in [7, 11) is 1.63. The van der Waals surface area contributed by atoms with Gasteiger partial charge in [-0.25, -0.2) is 0 Å². The molecule has 0 atom stereocenters. The number of nitrogens with zero attached hydrogens (tertiary/aromatic N) is 1. The Morgan fingerprint density at radius 3 is 2.61 bits per heavy atom. The van der Waals surface area contributed by atoms with E-state index in [1.807, 2.05) is 42.5 Å². The van der Waals surface area contributed by atoms with E-state index < -0.39 is 0 Å². The molecular formula is C26H32N2O3S2. The van der Waals surface area contributed by atoms with Crippen LogP contribution in [0.3, 0.4) is 0 Å². The number of likely N-dealkylation sites (N-methyl/N-ethyl adjacent to an activating group) is 1. The first-order valence-corrected chi connectivity index (χ1v) is 13.1. The molecule has 3 aromatic rings. The molecule has 0 unspecified atom stereocenters. The van der Waals surface area contributed by atoms with Crippen LogP contribution in [0.5, 0.6) is 11.5 Å². The van der Waals surface area contributed by atoms with Crippen molar-refractivity contribution in [3.8, 4) is 11.5 Å². The van der Waals surface area contributed by atoms with Gasteiger partial charge in [0.1, 0.15) is 6.61 Å². The van der Waals surface area contributed by atoms with Gasteiger partial charge in [0.15, 0.2) is 11.5 Å². The van der Waals surface area contributed by atoms with Gasteiger partial charge in [-0.05, 0) is 54.4 Å². The molecule has 0 radical (unpaired) electrons. The van der Waals surface area contributed by atoms with Crippen molar-refractivity contribution < 1.29 is 14.3 Å². The molecule has 0 aliphatic carbocycles. The van der Waals surface area contributed by atoms with Crippen LogP contribution in [-0.4, -0.2) is 44.2 Å². The number of methoxy groups -OCH3 is 1. The van der Waals surface area contributed by atoms with E-state index in [0.29, 0.717) is 24.5 Å². The van der Waals surface area contributed by atoms with Crippen molar-refractivity contribution in [2.75, 3.05) is 33.4 Å². The van der Waals surface area contributed by atoms with Crippen LogP contribution in [0.4, 0.5) is 0 Å². The van der Waals surface area contributed by atoms with E-state index in [2.05, 4.69) is 41.6 Å². The van der Waals surface area contributed by atoms with Gasteiger partial charge in [0.2, 0.25) is 0 Å². The summed E-state index contributed by atoms with van der Waals surface area (Å²) in [5.74, 6) is 2.17. The van der Waals surface area contributed by atoms with Crippen LogP contribution >= 0.6 is 23.1 Å². The first kappa shape index (κ1) is 25.1. The molecule has 33 heavy (non-hydrogen) atoms. The Hall–Kier alpha value is -2.48. The zero-order valence-electron chi connectivity index (χ0n) is 19.5. The summed E-state index contributed by atoms with van der Waals surface area (Å²) < 4.78 is 11.4. The molecule has 5 nitrogen and oxygen atoms in total. The molecule has 0 aliphatic rings. The number of carbonyl (C=O) groups is 1. The fourth-order valence-electron chi connectivity index (χ4n) is 3.37. The van der Waals surface area contributed by atoms with Gasteiger partial charge < -0.3 is 19.7 Å². The van der Waals surface area contributed by atoms with Crippen molar-refractivity contribution >= 4 is 29.0 Å². The third kappa shape index (κ3) is 7.52. The van der Waals surface area contributed by atoms with Gasteiger partial charge in [-0.1, -0.05) is 38.1 Å². The molecule has 2 aromatic carbocycles. The summed E-state index contributed by atoms with van der Waals surface area (Å²) in [5, 5.41) is 5.11. The maximum atomic E-state index is 12.9. The molecule has 0 saturated heterocycles. The zero-order chi connectivity index (χ0) is 23.5. The van der Waals surface area contributed by atoms with Gasteiger partial charge in [-0.3, -0.25) is 4.79 Å². The second kappa shape index (κ2) is 13.3. The normalized spacial score (nSPS) is 10.9. The highest BCUT2D eigenvalue weighted by Gasteiger charge is 2.13. The van der Waals surface area contributed by atoms with Gasteiger partial charge in [0, 0.05) is 28.6 Å². The average molecular weight is 485 g/mol. The molecule has 0 bridgehead atoms. The number of rotatable bonds is 13. The Balaban J connectivity index is 1.57. The first-order chi connectivity index (χ1) is 16.1. The number of nitrogens with one attached hydrogen (secondary N) is 1. The molecular weight excluding hydrogens is 452 g/mol. The topological polar surface area (TPSA) is 50.8 Å². The monoisotopic (exact) mass is 484 g/mol. The lowest BCUT2D eigenvalue weighted by atomic mass is 10.1. The SMILES string of the molecule is CCN(CC)CCOc1ccc(CNC(=O)c2ccccc2SCc2cccs2)cc1OC. The highest BCUT2D eigenvalue weighted by molar-refractivity contribution is 7.98. The number of thiophene rings is 1.